The number of nitrogens with zero attached hydrogens (tertiary/aromatic N) is 2. The van der Waals surface area contributed by atoms with Gasteiger partial charge in [0.05, 0.1) is 11.0 Å². The number of carbonyl (C=O) groups is 1. The minimum atomic E-state index is -5.41. The first-order valence-corrected chi connectivity index (χ1v) is 6.45. The molecule has 0 saturated carbocycles. The number of aryl methyl sites for hydroxylation is 1. The Morgan fingerprint density at radius 3 is 2.47 bits per heavy atom. The van der Waals surface area contributed by atoms with Gasteiger partial charge in [0.15, 0.2) is 0 Å². The Balaban J connectivity index is 2.75. The van der Waals surface area contributed by atoms with Crippen molar-refractivity contribution >= 4 is 26.8 Å². The molecule has 0 spiro atoms. The summed E-state index contributed by atoms with van der Waals surface area (Å²) in [5, 5.41) is 2.42. The largest absolute Gasteiger partial charge is 0.476 e. The van der Waals surface area contributed by atoms with Gasteiger partial charge in [0, 0.05) is 7.05 Å². The van der Waals surface area contributed by atoms with E-state index in [0.717, 1.165) is 4.57 Å². The molecule has 0 bridgehead atoms. The van der Waals surface area contributed by atoms with Crippen LogP contribution in [0.2, 0.25) is 0 Å². The normalized spacial score (nSPS) is 12.8. The Hall–Kier alpha value is -2.03. The lowest BCUT2D eigenvalue weighted by atomic mass is 10.3. The summed E-state index contributed by atoms with van der Waals surface area (Å²) in [6.07, 6.45) is 0. The quantitative estimate of drug-likeness (QED) is 0.911. The topological polar surface area (TPSA) is 89.3 Å². The van der Waals surface area contributed by atoms with Crippen LogP contribution >= 0.6 is 0 Å². The molecule has 0 amide bonds. The molecule has 0 fully saturated rings. The molecule has 1 N–H and O–H groups in total. The molecule has 2 aromatic rings. The van der Waals surface area contributed by atoms with Crippen LogP contribution < -0.4 is 0 Å². The first kappa shape index (κ1) is 13.4. The standard InChI is InChI=1S/C10H8F2N2O4S/c1-14-7-5-3-2-4-6(7)13-9(14)19(17,18)10(11,12)8(15)16/h2-5H,1H3,(H,15,16). The maximum atomic E-state index is 13.3. The first-order chi connectivity index (χ1) is 8.69. The highest BCUT2D eigenvalue weighted by Gasteiger charge is 2.56. The third-order valence-corrected chi connectivity index (χ3v) is 4.27. The van der Waals surface area contributed by atoms with Gasteiger partial charge in [-0.25, -0.2) is 18.2 Å². The summed E-state index contributed by atoms with van der Waals surface area (Å²) in [4.78, 5) is 14.0. The van der Waals surface area contributed by atoms with Crippen LogP contribution in [-0.4, -0.2) is 34.3 Å². The SMILES string of the molecule is Cn1c(S(=O)(=O)C(F)(F)C(=O)O)nc2ccccc21. The predicted octanol–water partition coefficient (Wildman–Crippen LogP) is 1.02. The number of benzene rings is 1. The molecule has 102 valence electrons. The van der Waals surface area contributed by atoms with E-state index in [-0.39, 0.29) is 5.52 Å². The Kier molecular flexibility index (Phi) is 2.81. The number of sulfone groups is 1. The van der Waals surface area contributed by atoms with Crippen molar-refractivity contribution in [3.05, 3.63) is 24.3 Å². The Bertz CT molecular complexity index is 767. The molecule has 19 heavy (non-hydrogen) atoms. The number of fused-ring (bicyclic) bond motifs is 1. The molecule has 0 atom stereocenters. The summed E-state index contributed by atoms with van der Waals surface area (Å²) in [5.41, 5.74) is 0.493. The molecule has 1 aromatic heterocycles. The summed E-state index contributed by atoms with van der Waals surface area (Å²) in [7, 11) is -4.19. The summed E-state index contributed by atoms with van der Waals surface area (Å²) in [6.45, 7) is 0. The van der Waals surface area contributed by atoms with E-state index in [1.165, 1.54) is 19.2 Å². The van der Waals surface area contributed by atoms with Crippen molar-refractivity contribution in [3.63, 3.8) is 0 Å². The van der Waals surface area contributed by atoms with E-state index in [1.54, 1.807) is 12.1 Å². The van der Waals surface area contributed by atoms with Crippen LogP contribution in [-0.2, 0) is 21.7 Å². The van der Waals surface area contributed by atoms with Crippen LogP contribution in [0.3, 0.4) is 0 Å². The van der Waals surface area contributed by atoms with E-state index in [4.69, 9.17) is 5.11 Å². The fourth-order valence-electron chi connectivity index (χ4n) is 1.59. The molecule has 0 aliphatic rings. The van der Waals surface area contributed by atoms with E-state index < -0.39 is 26.2 Å². The van der Waals surface area contributed by atoms with Gasteiger partial charge in [-0.3, -0.25) is 0 Å². The highest BCUT2D eigenvalue weighted by Crippen LogP contribution is 2.30. The number of aliphatic carboxylic acids is 1. The number of alkyl halides is 2. The lowest BCUT2D eigenvalue weighted by Gasteiger charge is -2.11. The van der Waals surface area contributed by atoms with Gasteiger partial charge in [-0.1, -0.05) is 12.1 Å². The van der Waals surface area contributed by atoms with Crippen LogP contribution in [0.4, 0.5) is 8.78 Å². The Morgan fingerprint density at radius 1 is 1.37 bits per heavy atom. The average Bonchev–Trinajstić information content (AvgIpc) is 2.67. The monoisotopic (exact) mass is 290 g/mol. The van der Waals surface area contributed by atoms with Crippen LogP contribution in [0.1, 0.15) is 0 Å². The van der Waals surface area contributed by atoms with Gasteiger partial charge in [-0.15, -0.1) is 0 Å². The lowest BCUT2D eigenvalue weighted by Crippen LogP contribution is -2.38. The molecule has 0 unspecified atom stereocenters. The summed E-state index contributed by atoms with van der Waals surface area (Å²) in [6, 6.07) is 6.06. The molecule has 0 aliphatic heterocycles. The zero-order valence-electron chi connectivity index (χ0n) is 9.54. The van der Waals surface area contributed by atoms with Crippen LogP contribution in [0.15, 0.2) is 29.4 Å². The van der Waals surface area contributed by atoms with Gasteiger partial charge >= 0.3 is 11.2 Å². The van der Waals surface area contributed by atoms with Crippen molar-refractivity contribution in [1.29, 1.82) is 0 Å². The number of hydrogen-bond donors (Lipinski definition) is 1. The molecule has 0 radical (unpaired) electrons. The van der Waals surface area contributed by atoms with Gasteiger partial charge in [-0.2, -0.15) is 8.78 Å². The number of imidazole rings is 1. The number of carboxylic acids is 1. The van der Waals surface area contributed by atoms with Crippen LogP contribution in [0.5, 0.6) is 0 Å². The van der Waals surface area contributed by atoms with Crippen LogP contribution in [0, 0.1) is 0 Å². The summed E-state index contributed by atoms with van der Waals surface area (Å²) < 4.78 is 50.8. The number of halogens is 2. The number of aromatic nitrogens is 2. The number of rotatable bonds is 3. The maximum Gasteiger partial charge on any atom is 0.447 e. The average molecular weight is 290 g/mol. The molecule has 6 nitrogen and oxygen atoms in total. The molecule has 1 heterocycles. The maximum absolute atomic E-state index is 13.3. The highest BCUT2D eigenvalue weighted by atomic mass is 32.2. The zero-order valence-corrected chi connectivity index (χ0v) is 10.4. The molecule has 9 heteroatoms. The fourth-order valence-corrected chi connectivity index (χ4v) is 2.73. The van der Waals surface area contributed by atoms with Gasteiger partial charge in [0.25, 0.3) is 9.84 Å². The van der Waals surface area contributed by atoms with Crippen molar-refractivity contribution in [1.82, 2.24) is 9.55 Å². The number of para-hydroxylation sites is 2. The van der Waals surface area contributed by atoms with E-state index in [1.807, 2.05) is 0 Å². The first-order valence-electron chi connectivity index (χ1n) is 4.97. The molecular formula is C10H8F2N2O4S. The molecule has 2 rings (SSSR count). The van der Waals surface area contributed by atoms with E-state index in [2.05, 4.69) is 4.98 Å². The third kappa shape index (κ3) is 1.77. The van der Waals surface area contributed by atoms with Crippen molar-refractivity contribution in [2.24, 2.45) is 7.05 Å². The number of hydrogen-bond acceptors (Lipinski definition) is 4. The molecular weight excluding hydrogens is 282 g/mol. The smallest absolute Gasteiger partial charge is 0.447 e. The summed E-state index contributed by atoms with van der Waals surface area (Å²) in [5.74, 6) is -2.74. The Labute approximate surface area is 106 Å². The van der Waals surface area contributed by atoms with Gasteiger partial charge in [0.2, 0.25) is 5.16 Å². The van der Waals surface area contributed by atoms with Crippen molar-refractivity contribution in [2.75, 3.05) is 0 Å². The van der Waals surface area contributed by atoms with Gasteiger partial charge in [0.1, 0.15) is 0 Å². The third-order valence-electron chi connectivity index (χ3n) is 2.57. The second-order valence-electron chi connectivity index (χ2n) is 3.77. The van der Waals surface area contributed by atoms with Gasteiger partial charge < -0.3 is 9.67 Å². The summed E-state index contributed by atoms with van der Waals surface area (Å²) >= 11 is 0. The van der Waals surface area contributed by atoms with E-state index in [9.17, 15) is 22.0 Å². The van der Waals surface area contributed by atoms with Gasteiger partial charge in [-0.05, 0) is 12.1 Å². The molecule has 0 saturated heterocycles. The fraction of sp³-hybridized carbons (Fsp3) is 0.200. The molecule has 0 aliphatic carbocycles. The highest BCUT2D eigenvalue weighted by molar-refractivity contribution is 7.93. The predicted molar refractivity (Wildman–Crippen MR) is 60.5 cm³/mol. The lowest BCUT2D eigenvalue weighted by molar-refractivity contribution is -0.153. The van der Waals surface area contributed by atoms with Crippen molar-refractivity contribution in [2.45, 2.75) is 10.4 Å². The Morgan fingerprint density at radius 2 is 1.95 bits per heavy atom. The minimum Gasteiger partial charge on any atom is -0.476 e. The van der Waals surface area contributed by atoms with Crippen molar-refractivity contribution in [3.8, 4) is 0 Å². The minimum absolute atomic E-state index is 0.185. The van der Waals surface area contributed by atoms with E-state index in [0.29, 0.717) is 5.52 Å². The zero-order chi connectivity index (χ0) is 14.4. The number of carboxylic acid groups (broad SMARTS) is 1. The second-order valence-corrected chi connectivity index (χ2v) is 5.65. The molecule has 1 aromatic carbocycles. The van der Waals surface area contributed by atoms with Crippen molar-refractivity contribution < 1.29 is 27.1 Å². The van der Waals surface area contributed by atoms with E-state index >= 15 is 0 Å². The van der Waals surface area contributed by atoms with Crippen LogP contribution in [0.25, 0.3) is 11.0 Å². The second kappa shape index (κ2) is 3.98.